The van der Waals surface area contributed by atoms with Crippen molar-refractivity contribution in [3.05, 3.63) is 35.9 Å². The highest BCUT2D eigenvalue weighted by Crippen LogP contribution is 2.22. The van der Waals surface area contributed by atoms with Crippen molar-refractivity contribution < 1.29 is 0 Å². The van der Waals surface area contributed by atoms with E-state index in [9.17, 15) is 0 Å². The van der Waals surface area contributed by atoms with Crippen molar-refractivity contribution in [3.63, 3.8) is 0 Å². The molecule has 0 amide bonds. The van der Waals surface area contributed by atoms with E-state index in [4.69, 9.17) is 5.26 Å². The smallest absolute Gasteiger partial charge is 0.0669 e. The Bertz CT molecular complexity index is 380. The number of hydrogen-bond donors (Lipinski definition) is 0. The van der Waals surface area contributed by atoms with Crippen LogP contribution in [0.1, 0.15) is 25.3 Å². The normalized spacial score (nSPS) is 26.1. The molecular formula is C15H20N2. The molecule has 1 aliphatic heterocycles. The zero-order valence-corrected chi connectivity index (χ0v) is 10.5. The molecule has 2 atom stereocenters. The fourth-order valence-electron chi connectivity index (χ4n) is 2.56. The molecule has 0 N–H and O–H groups in total. The van der Waals surface area contributed by atoms with Crippen molar-refractivity contribution in [3.8, 4) is 6.07 Å². The quantitative estimate of drug-likeness (QED) is 0.778. The molecule has 2 rings (SSSR count). The van der Waals surface area contributed by atoms with Gasteiger partial charge in [0.25, 0.3) is 0 Å². The lowest BCUT2D eigenvalue weighted by Gasteiger charge is -2.21. The summed E-state index contributed by atoms with van der Waals surface area (Å²) in [5.41, 5.74) is 1.35. The Morgan fingerprint density at radius 2 is 2.12 bits per heavy atom. The van der Waals surface area contributed by atoms with Gasteiger partial charge in [-0.3, -0.25) is 4.90 Å². The summed E-state index contributed by atoms with van der Waals surface area (Å²) in [5, 5.41) is 9.14. The molecule has 1 saturated heterocycles. The predicted octanol–water partition coefficient (Wildman–Crippen LogP) is 3.06. The van der Waals surface area contributed by atoms with Gasteiger partial charge in [0.2, 0.25) is 0 Å². The molecule has 2 nitrogen and oxygen atoms in total. The van der Waals surface area contributed by atoms with E-state index in [1.807, 2.05) is 6.07 Å². The van der Waals surface area contributed by atoms with Crippen LogP contribution in [0.25, 0.3) is 0 Å². The first-order chi connectivity index (χ1) is 8.28. The summed E-state index contributed by atoms with van der Waals surface area (Å²) in [6.45, 7) is 5.28. The molecular weight excluding hydrogens is 208 g/mol. The van der Waals surface area contributed by atoms with E-state index in [0.29, 0.717) is 5.92 Å². The highest BCUT2D eigenvalue weighted by atomic mass is 15.1. The molecule has 17 heavy (non-hydrogen) atoms. The average molecular weight is 228 g/mol. The van der Waals surface area contributed by atoms with Crippen LogP contribution >= 0.6 is 0 Å². The van der Waals surface area contributed by atoms with E-state index in [1.165, 1.54) is 12.0 Å². The predicted molar refractivity (Wildman–Crippen MR) is 69.2 cm³/mol. The van der Waals surface area contributed by atoms with E-state index in [-0.39, 0.29) is 5.92 Å². The van der Waals surface area contributed by atoms with E-state index in [0.717, 1.165) is 26.1 Å². The Morgan fingerprint density at radius 3 is 2.82 bits per heavy atom. The van der Waals surface area contributed by atoms with Gasteiger partial charge in [0.15, 0.2) is 0 Å². The second-order valence-corrected chi connectivity index (χ2v) is 5.18. The molecule has 0 aromatic heterocycles. The summed E-state index contributed by atoms with van der Waals surface area (Å²) in [7, 11) is 0. The lowest BCUT2D eigenvalue weighted by atomic mass is 9.96. The van der Waals surface area contributed by atoms with Gasteiger partial charge in [0, 0.05) is 13.1 Å². The second kappa shape index (κ2) is 5.84. The third kappa shape index (κ3) is 3.57. The van der Waals surface area contributed by atoms with Gasteiger partial charge in [-0.25, -0.2) is 0 Å². The third-order valence-electron chi connectivity index (χ3n) is 3.54. The van der Waals surface area contributed by atoms with Crippen LogP contribution in [-0.2, 0) is 6.54 Å². The van der Waals surface area contributed by atoms with E-state index >= 15 is 0 Å². The van der Waals surface area contributed by atoms with E-state index in [1.54, 1.807) is 0 Å². The molecule has 0 saturated carbocycles. The molecule has 2 heteroatoms. The summed E-state index contributed by atoms with van der Waals surface area (Å²) in [6, 6.07) is 13.0. The van der Waals surface area contributed by atoms with Gasteiger partial charge >= 0.3 is 0 Å². The van der Waals surface area contributed by atoms with Crippen LogP contribution in [0.5, 0.6) is 0 Å². The molecule has 0 aliphatic carbocycles. The summed E-state index contributed by atoms with van der Waals surface area (Å²) >= 11 is 0. The van der Waals surface area contributed by atoms with Crippen molar-refractivity contribution in [1.82, 2.24) is 4.90 Å². The number of nitriles is 1. The molecule has 90 valence electrons. The summed E-state index contributed by atoms with van der Waals surface area (Å²) in [6.07, 6.45) is 2.27. The maximum atomic E-state index is 9.14. The number of likely N-dealkylation sites (tertiary alicyclic amines) is 1. The first-order valence-corrected chi connectivity index (χ1v) is 6.44. The van der Waals surface area contributed by atoms with E-state index in [2.05, 4.69) is 42.2 Å². The summed E-state index contributed by atoms with van der Waals surface area (Å²) < 4.78 is 0. The highest BCUT2D eigenvalue weighted by molar-refractivity contribution is 5.14. The topological polar surface area (TPSA) is 27.0 Å². The largest absolute Gasteiger partial charge is 0.298 e. The maximum absolute atomic E-state index is 9.14. The number of benzene rings is 1. The first-order valence-electron chi connectivity index (χ1n) is 6.44. The van der Waals surface area contributed by atoms with Crippen LogP contribution in [0, 0.1) is 23.2 Å². The monoisotopic (exact) mass is 228 g/mol. The van der Waals surface area contributed by atoms with Crippen LogP contribution in [0.15, 0.2) is 30.3 Å². The zero-order valence-electron chi connectivity index (χ0n) is 10.5. The number of nitrogens with zero attached hydrogens (tertiary/aromatic N) is 2. The van der Waals surface area contributed by atoms with Gasteiger partial charge in [-0.05, 0) is 30.9 Å². The second-order valence-electron chi connectivity index (χ2n) is 5.18. The number of rotatable bonds is 2. The Balaban J connectivity index is 1.99. The third-order valence-corrected chi connectivity index (χ3v) is 3.54. The highest BCUT2D eigenvalue weighted by Gasteiger charge is 2.21. The molecule has 1 heterocycles. The van der Waals surface area contributed by atoms with Crippen LogP contribution < -0.4 is 0 Å². The molecule has 2 unspecified atom stereocenters. The molecule has 0 spiro atoms. The minimum atomic E-state index is 0.205. The van der Waals surface area contributed by atoms with Crippen LogP contribution in [-0.4, -0.2) is 18.0 Å². The Hall–Kier alpha value is -1.33. The Kier molecular flexibility index (Phi) is 4.17. The maximum Gasteiger partial charge on any atom is 0.0669 e. The standard InChI is InChI=1S/C15H20N2/c1-13-7-8-17(12-15(9-13)10-16)11-14-5-3-2-4-6-14/h2-6,13,15H,7-9,11-12H2,1H3. The minimum absolute atomic E-state index is 0.205. The summed E-state index contributed by atoms with van der Waals surface area (Å²) in [4.78, 5) is 2.42. The molecule has 1 aliphatic rings. The zero-order chi connectivity index (χ0) is 12.1. The fourth-order valence-corrected chi connectivity index (χ4v) is 2.56. The van der Waals surface area contributed by atoms with Gasteiger partial charge in [-0.15, -0.1) is 0 Å². The minimum Gasteiger partial charge on any atom is -0.298 e. The average Bonchev–Trinajstić information content (AvgIpc) is 2.53. The van der Waals surface area contributed by atoms with Gasteiger partial charge in [-0.2, -0.15) is 5.26 Å². The molecule has 1 aromatic carbocycles. The lowest BCUT2D eigenvalue weighted by Crippen LogP contribution is -2.27. The van der Waals surface area contributed by atoms with Crippen molar-refractivity contribution >= 4 is 0 Å². The van der Waals surface area contributed by atoms with Gasteiger partial charge in [0.1, 0.15) is 0 Å². The van der Waals surface area contributed by atoms with Crippen LogP contribution in [0.4, 0.5) is 0 Å². The van der Waals surface area contributed by atoms with Crippen LogP contribution in [0.3, 0.4) is 0 Å². The van der Waals surface area contributed by atoms with Crippen molar-refractivity contribution in [2.45, 2.75) is 26.3 Å². The Morgan fingerprint density at radius 1 is 1.35 bits per heavy atom. The van der Waals surface area contributed by atoms with Gasteiger partial charge < -0.3 is 0 Å². The van der Waals surface area contributed by atoms with E-state index < -0.39 is 0 Å². The molecule has 0 radical (unpaired) electrons. The number of hydrogen-bond acceptors (Lipinski definition) is 2. The fraction of sp³-hybridized carbons (Fsp3) is 0.533. The Labute approximate surface area is 104 Å². The molecule has 1 aromatic rings. The molecule has 1 fully saturated rings. The summed E-state index contributed by atoms with van der Waals surface area (Å²) in [5.74, 6) is 0.886. The van der Waals surface area contributed by atoms with Crippen molar-refractivity contribution in [1.29, 1.82) is 5.26 Å². The van der Waals surface area contributed by atoms with Crippen molar-refractivity contribution in [2.75, 3.05) is 13.1 Å². The molecule has 0 bridgehead atoms. The van der Waals surface area contributed by atoms with Crippen molar-refractivity contribution in [2.24, 2.45) is 11.8 Å². The lowest BCUT2D eigenvalue weighted by molar-refractivity contribution is 0.258. The van der Waals surface area contributed by atoms with Gasteiger partial charge in [0.05, 0.1) is 12.0 Å². The first kappa shape index (κ1) is 12.1. The SMILES string of the molecule is CC1CCN(Cc2ccccc2)CC(C#N)C1. The van der Waals surface area contributed by atoms with Gasteiger partial charge in [-0.1, -0.05) is 37.3 Å². The van der Waals surface area contributed by atoms with Crippen LogP contribution in [0.2, 0.25) is 0 Å².